The maximum Gasteiger partial charge on any atom is 0.331 e. The number of carbonyl (C=O) groups excluding carboxylic acids is 1. The summed E-state index contributed by atoms with van der Waals surface area (Å²) in [6.07, 6.45) is 5.95. The van der Waals surface area contributed by atoms with Crippen molar-refractivity contribution in [3.63, 3.8) is 0 Å². The van der Waals surface area contributed by atoms with Crippen molar-refractivity contribution >= 4 is 12.0 Å². The van der Waals surface area contributed by atoms with Gasteiger partial charge >= 0.3 is 5.97 Å². The summed E-state index contributed by atoms with van der Waals surface area (Å²) >= 11 is 0. The topological polar surface area (TPSA) is 80.5 Å². The first-order valence-corrected chi connectivity index (χ1v) is 11.2. The van der Waals surface area contributed by atoms with Gasteiger partial charge in [-0.3, -0.25) is 4.90 Å². The van der Waals surface area contributed by atoms with Gasteiger partial charge in [0.05, 0.1) is 6.54 Å². The van der Waals surface area contributed by atoms with E-state index in [1.165, 1.54) is 41.6 Å². The lowest BCUT2D eigenvalue weighted by atomic mass is 9.91. The van der Waals surface area contributed by atoms with Gasteiger partial charge in [-0.25, -0.2) is 27.6 Å². The second-order valence-electron chi connectivity index (χ2n) is 8.52. The predicted octanol–water partition coefficient (Wildman–Crippen LogP) is 3.30. The third-order valence-electron chi connectivity index (χ3n) is 5.93. The molecular formula is C25H25F3N4O3. The van der Waals surface area contributed by atoms with E-state index in [2.05, 4.69) is 10.1 Å². The molecule has 0 bridgehead atoms. The molecule has 2 heterocycles. The number of aliphatic hydroxyl groups is 1. The van der Waals surface area contributed by atoms with Gasteiger partial charge < -0.3 is 9.84 Å². The van der Waals surface area contributed by atoms with Crippen LogP contribution >= 0.6 is 0 Å². The van der Waals surface area contributed by atoms with E-state index in [-0.39, 0.29) is 24.8 Å². The summed E-state index contributed by atoms with van der Waals surface area (Å²) in [4.78, 5) is 17.9. The van der Waals surface area contributed by atoms with Crippen molar-refractivity contribution < 1.29 is 27.8 Å². The van der Waals surface area contributed by atoms with Gasteiger partial charge in [-0.15, -0.1) is 0 Å². The van der Waals surface area contributed by atoms with E-state index < -0.39 is 29.0 Å². The summed E-state index contributed by atoms with van der Waals surface area (Å²) in [5.74, 6) is -2.58. The minimum atomic E-state index is -1.70. The summed E-state index contributed by atoms with van der Waals surface area (Å²) in [7, 11) is 0. The van der Waals surface area contributed by atoms with Crippen molar-refractivity contribution in [1.82, 2.24) is 19.7 Å². The molecule has 4 rings (SSSR count). The molecule has 1 aliphatic rings. The molecule has 35 heavy (non-hydrogen) atoms. The molecule has 7 nitrogen and oxygen atoms in total. The Morgan fingerprint density at radius 2 is 1.89 bits per heavy atom. The average molecular weight is 486 g/mol. The van der Waals surface area contributed by atoms with E-state index >= 15 is 0 Å². The molecular weight excluding hydrogens is 461 g/mol. The van der Waals surface area contributed by atoms with E-state index in [1.54, 1.807) is 18.2 Å². The lowest BCUT2D eigenvalue weighted by molar-refractivity contribution is -0.145. The van der Waals surface area contributed by atoms with Crippen molar-refractivity contribution in [3.05, 3.63) is 89.8 Å². The fraction of sp³-hybridized carbons (Fsp3) is 0.320. The Morgan fingerprint density at radius 3 is 2.57 bits per heavy atom. The standard InChI is InChI=1S/C25H25F3N4O3/c26-19-6-7-21(23(28)13-19)25(34,15-32-17-29-16-30-32)14-31-11-9-20(10-12-31)35-24(33)8-5-18-3-1-2-4-22(18)27/h1-8,13,16-17,20,34H,9-12,14-15H2/b8-5+. The molecule has 1 unspecified atom stereocenters. The van der Waals surface area contributed by atoms with E-state index in [4.69, 9.17) is 4.74 Å². The van der Waals surface area contributed by atoms with E-state index in [0.29, 0.717) is 31.5 Å². The smallest absolute Gasteiger partial charge is 0.331 e. The normalized spacial score (nSPS) is 16.9. The molecule has 1 saturated heterocycles. The second-order valence-corrected chi connectivity index (χ2v) is 8.52. The van der Waals surface area contributed by atoms with Crippen LogP contribution in [0.15, 0.2) is 61.2 Å². The molecule has 0 saturated carbocycles. The highest BCUT2D eigenvalue weighted by molar-refractivity contribution is 5.87. The number of benzene rings is 2. The van der Waals surface area contributed by atoms with Gasteiger partial charge in [-0.2, -0.15) is 5.10 Å². The molecule has 184 valence electrons. The zero-order valence-corrected chi connectivity index (χ0v) is 18.9. The monoisotopic (exact) mass is 486 g/mol. The van der Waals surface area contributed by atoms with Gasteiger partial charge in [0.1, 0.15) is 41.8 Å². The number of carbonyl (C=O) groups is 1. The van der Waals surface area contributed by atoms with Crippen LogP contribution in [0.3, 0.4) is 0 Å². The number of hydrogen-bond acceptors (Lipinski definition) is 6. The molecule has 1 N–H and O–H groups in total. The Balaban J connectivity index is 1.37. The molecule has 10 heteroatoms. The minimum Gasteiger partial charge on any atom is -0.459 e. The maximum absolute atomic E-state index is 14.6. The third kappa shape index (κ3) is 6.34. The molecule has 1 aromatic heterocycles. The Kier molecular flexibility index (Phi) is 7.62. The van der Waals surface area contributed by atoms with Crippen LogP contribution in [0.4, 0.5) is 13.2 Å². The molecule has 2 aromatic carbocycles. The number of likely N-dealkylation sites (tertiary alicyclic amines) is 1. The average Bonchev–Trinajstić information content (AvgIpc) is 3.32. The third-order valence-corrected chi connectivity index (χ3v) is 5.93. The number of esters is 1. The molecule has 0 aliphatic carbocycles. The van der Waals surface area contributed by atoms with E-state index in [9.17, 15) is 23.1 Å². The van der Waals surface area contributed by atoms with Crippen LogP contribution in [-0.4, -0.2) is 56.5 Å². The van der Waals surface area contributed by atoms with Crippen LogP contribution in [0.5, 0.6) is 0 Å². The largest absolute Gasteiger partial charge is 0.459 e. The number of ether oxygens (including phenoxy) is 1. The summed E-state index contributed by atoms with van der Waals surface area (Å²) in [6.45, 7) is 0.948. The molecule has 1 aliphatic heterocycles. The summed E-state index contributed by atoms with van der Waals surface area (Å²) in [5.41, 5.74) is -1.45. The number of β-amino-alcohol motifs (C(OH)–C–C–N with tert-alkyl or cyclic N) is 1. The lowest BCUT2D eigenvalue weighted by Gasteiger charge is -2.38. The van der Waals surface area contributed by atoms with Crippen LogP contribution in [0, 0.1) is 17.5 Å². The highest BCUT2D eigenvalue weighted by atomic mass is 19.1. The first-order chi connectivity index (χ1) is 16.8. The Morgan fingerprint density at radius 1 is 1.11 bits per heavy atom. The first kappa shape index (κ1) is 24.6. The van der Waals surface area contributed by atoms with Crippen LogP contribution in [-0.2, 0) is 21.7 Å². The predicted molar refractivity (Wildman–Crippen MR) is 121 cm³/mol. The quantitative estimate of drug-likeness (QED) is 0.389. The first-order valence-electron chi connectivity index (χ1n) is 11.2. The molecule has 1 fully saturated rings. The molecule has 0 spiro atoms. The number of rotatable bonds is 8. The summed E-state index contributed by atoms with van der Waals surface area (Å²) < 4.78 is 48.6. The number of halogens is 3. The number of aromatic nitrogens is 3. The van der Waals surface area contributed by atoms with Gasteiger partial charge in [0.15, 0.2) is 0 Å². The Hall–Kier alpha value is -3.50. The van der Waals surface area contributed by atoms with Gasteiger partial charge in [-0.05, 0) is 31.1 Å². The SMILES string of the molecule is O=C(/C=C/c1ccccc1F)OC1CCN(CC(O)(Cn2cncn2)c2ccc(F)cc2F)CC1. The van der Waals surface area contributed by atoms with Gasteiger partial charge in [0.2, 0.25) is 0 Å². The van der Waals surface area contributed by atoms with Crippen LogP contribution in [0.25, 0.3) is 6.08 Å². The van der Waals surface area contributed by atoms with Crippen LogP contribution in [0.1, 0.15) is 24.0 Å². The van der Waals surface area contributed by atoms with E-state index in [1.807, 2.05) is 4.90 Å². The zero-order valence-electron chi connectivity index (χ0n) is 18.9. The highest BCUT2D eigenvalue weighted by Crippen LogP contribution is 2.29. The molecule has 1 atom stereocenters. The highest BCUT2D eigenvalue weighted by Gasteiger charge is 2.37. The van der Waals surface area contributed by atoms with Crippen molar-refractivity contribution in [2.45, 2.75) is 31.1 Å². The van der Waals surface area contributed by atoms with Crippen molar-refractivity contribution in [1.29, 1.82) is 0 Å². The fourth-order valence-corrected chi connectivity index (χ4v) is 4.20. The zero-order chi connectivity index (χ0) is 24.8. The molecule has 0 radical (unpaired) electrons. The maximum atomic E-state index is 14.6. The van der Waals surface area contributed by atoms with Crippen LogP contribution < -0.4 is 0 Å². The fourth-order valence-electron chi connectivity index (χ4n) is 4.20. The molecule has 0 amide bonds. The van der Waals surface area contributed by atoms with Gasteiger partial charge in [0, 0.05) is 42.9 Å². The van der Waals surface area contributed by atoms with E-state index in [0.717, 1.165) is 12.1 Å². The minimum absolute atomic E-state index is 0.0405. The molecule has 3 aromatic rings. The van der Waals surface area contributed by atoms with Gasteiger partial charge in [-0.1, -0.05) is 24.3 Å². The number of piperidine rings is 1. The van der Waals surface area contributed by atoms with Gasteiger partial charge in [0.25, 0.3) is 0 Å². The second kappa shape index (κ2) is 10.8. The van der Waals surface area contributed by atoms with Crippen LogP contribution in [0.2, 0.25) is 0 Å². The number of nitrogens with zero attached hydrogens (tertiary/aromatic N) is 4. The summed E-state index contributed by atoms with van der Waals surface area (Å²) in [5, 5.41) is 15.5. The number of hydrogen-bond donors (Lipinski definition) is 1. The van der Waals surface area contributed by atoms with Crippen molar-refractivity contribution in [2.75, 3.05) is 19.6 Å². The lowest BCUT2D eigenvalue weighted by Crippen LogP contribution is -2.48. The Bertz CT molecular complexity index is 1180. The summed E-state index contributed by atoms with van der Waals surface area (Å²) in [6, 6.07) is 9.18. The Labute approximate surface area is 200 Å². The van der Waals surface area contributed by atoms with Crippen molar-refractivity contribution in [2.24, 2.45) is 0 Å². The van der Waals surface area contributed by atoms with Crippen molar-refractivity contribution in [3.8, 4) is 0 Å².